The largest absolute Gasteiger partial charge is 0.207 e. The standard InChI is InChI=1S/C9H6BFN2S/c10-4-6-1-2-7(11)3-8(6)9-5-14-13-12-9/h1-3,5H,4H2. The Hall–Kier alpha value is -1.23. The van der Waals surface area contributed by atoms with E-state index in [2.05, 4.69) is 9.59 Å². The van der Waals surface area contributed by atoms with E-state index in [0.29, 0.717) is 12.0 Å². The molecule has 1 aromatic carbocycles. The zero-order valence-corrected chi connectivity index (χ0v) is 8.09. The minimum absolute atomic E-state index is 0.287. The Labute approximate surface area is 86.4 Å². The molecular formula is C9H6BFN2S. The Bertz CT molecular complexity index is 430. The van der Waals surface area contributed by atoms with E-state index < -0.39 is 0 Å². The summed E-state index contributed by atoms with van der Waals surface area (Å²) < 4.78 is 16.7. The fourth-order valence-corrected chi connectivity index (χ4v) is 1.70. The smallest absolute Gasteiger partial charge is 0.123 e. The van der Waals surface area contributed by atoms with Crippen LogP contribution in [0.25, 0.3) is 11.3 Å². The van der Waals surface area contributed by atoms with Gasteiger partial charge < -0.3 is 0 Å². The van der Waals surface area contributed by atoms with Gasteiger partial charge in [0.05, 0.1) is 7.85 Å². The quantitative estimate of drug-likeness (QED) is 0.699. The molecule has 0 spiro atoms. The van der Waals surface area contributed by atoms with Crippen molar-refractivity contribution in [2.75, 3.05) is 0 Å². The lowest BCUT2D eigenvalue weighted by atomic mass is 9.92. The van der Waals surface area contributed by atoms with Crippen LogP contribution in [0, 0.1) is 5.82 Å². The average molecular weight is 204 g/mol. The van der Waals surface area contributed by atoms with Crippen LogP contribution in [0.15, 0.2) is 23.6 Å². The molecule has 0 aliphatic carbocycles. The van der Waals surface area contributed by atoms with Crippen molar-refractivity contribution in [3.63, 3.8) is 0 Å². The highest BCUT2D eigenvalue weighted by molar-refractivity contribution is 7.03. The van der Waals surface area contributed by atoms with Gasteiger partial charge in [-0.2, -0.15) is 0 Å². The van der Waals surface area contributed by atoms with Crippen molar-refractivity contribution in [2.24, 2.45) is 0 Å². The molecule has 0 aliphatic rings. The van der Waals surface area contributed by atoms with Crippen LogP contribution in [0.2, 0.25) is 0 Å². The van der Waals surface area contributed by atoms with Crippen molar-refractivity contribution in [3.8, 4) is 11.3 Å². The van der Waals surface area contributed by atoms with Gasteiger partial charge in [0.2, 0.25) is 0 Å². The lowest BCUT2D eigenvalue weighted by Gasteiger charge is -2.04. The van der Waals surface area contributed by atoms with Crippen molar-refractivity contribution in [3.05, 3.63) is 35.0 Å². The molecule has 0 fully saturated rings. The van der Waals surface area contributed by atoms with E-state index >= 15 is 0 Å². The van der Waals surface area contributed by atoms with Crippen LogP contribution in [0.3, 0.4) is 0 Å². The number of nitrogens with zero attached hydrogens (tertiary/aromatic N) is 2. The van der Waals surface area contributed by atoms with Crippen molar-refractivity contribution in [1.82, 2.24) is 9.59 Å². The normalized spacial score (nSPS) is 10.4. The highest BCUT2D eigenvalue weighted by atomic mass is 32.1. The van der Waals surface area contributed by atoms with Crippen molar-refractivity contribution in [2.45, 2.75) is 6.32 Å². The summed E-state index contributed by atoms with van der Waals surface area (Å²) >= 11 is 1.24. The molecule has 5 heteroatoms. The zero-order valence-electron chi connectivity index (χ0n) is 7.27. The molecule has 1 aromatic heterocycles. The molecule has 2 aromatic rings. The molecule has 0 bridgehead atoms. The van der Waals surface area contributed by atoms with E-state index in [4.69, 9.17) is 7.85 Å². The van der Waals surface area contributed by atoms with Gasteiger partial charge in [0.25, 0.3) is 0 Å². The molecule has 2 nitrogen and oxygen atoms in total. The Kier molecular flexibility index (Phi) is 2.59. The van der Waals surface area contributed by atoms with Gasteiger partial charge in [-0.3, -0.25) is 0 Å². The van der Waals surface area contributed by atoms with Gasteiger partial charge in [0.15, 0.2) is 0 Å². The van der Waals surface area contributed by atoms with E-state index in [0.717, 1.165) is 11.1 Å². The lowest BCUT2D eigenvalue weighted by molar-refractivity contribution is 0.628. The second-order valence-corrected chi connectivity index (χ2v) is 3.41. The lowest BCUT2D eigenvalue weighted by Crippen LogP contribution is -1.91. The van der Waals surface area contributed by atoms with Crippen LogP contribution >= 0.6 is 11.5 Å². The molecule has 2 rings (SSSR count). The summed E-state index contributed by atoms with van der Waals surface area (Å²) in [5, 5.41) is 5.65. The maximum atomic E-state index is 13.0. The first-order valence-electron chi connectivity index (χ1n) is 4.07. The van der Waals surface area contributed by atoms with Crippen LogP contribution in [0.1, 0.15) is 5.56 Å². The number of aromatic nitrogens is 2. The number of benzene rings is 1. The molecule has 14 heavy (non-hydrogen) atoms. The number of hydrogen-bond donors (Lipinski definition) is 0. The molecule has 0 saturated carbocycles. The monoisotopic (exact) mass is 204 g/mol. The Morgan fingerprint density at radius 3 is 2.93 bits per heavy atom. The van der Waals surface area contributed by atoms with Gasteiger partial charge in [-0.1, -0.05) is 16.9 Å². The minimum Gasteiger partial charge on any atom is -0.207 e. The molecule has 0 amide bonds. The average Bonchev–Trinajstić information content (AvgIpc) is 2.70. The first-order chi connectivity index (χ1) is 6.81. The molecule has 0 atom stereocenters. The summed E-state index contributed by atoms with van der Waals surface area (Å²) in [7, 11) is 5.54. The van der Waals surface area contributed by atoms with Gasteiger partial charge >= 0.3 is 0 Å². The second kappa shape index (κ2) is 3.88. The van der Waals surface area contributed by atoms with Gasteiger partial charge in [0.1, 0.15) is 11.5 Å². The van der Waals surface area contributed by atoms with Gasteiger partial charge in [-0.05, 0) is 29.2 Å². The first kappa shape index (κ1) is 9.33. The molecule has 1 heterocycles. The SMILES string of the molecule is [B]Cc1ccc(F)cc1-c1csnn1. The molecular weight excluding hydrogens is 198 g/mol. The molecule has 0 N–H and O–H groups in total. The van der Waals surface area contributed by atoms with Crippen LogP contribution in [0.4, 0.5) is 4.39 Å². The van der Waals surface area contributed by atoms with Gasteiger partial charge in [0, 0.05) is 10.9 Å². The summed E-state index contributed by atoms with van der Waals surface area (Å²) in [6.45, 7) is 0. The topological polar surface area (TPSA) is 25.8 Å². The van der Waals surface area contributed by atoms with Crippen LogP contribution in [0.5, 0.6) is 0 Å². The zero-order chi connectivity index (χ0) is 9.97. The maximum absolute atomic E-state index is 13.0. The first-order valence-corrected chi connectivity index (χ1v) is 4.91. The van der Waals surface area contributed by atoms with E-state index in [1.165, 1.54) is 23.7 Å². The molecule has 68 valence electrons. The number of halogens is 1. The maximum Gasteiger partial charge on any atom is 0.123 e. The highest BCUT2D eigenvalue weighted by Gasteiger charge is 2.07. The molecule has 0 saturated heterocycles. The molecule has 2 radical (unpaired) electrons. The summed E-state index contributed by atoms with van der Waals surface area (Å²) in [4.78, 5) is 0. The predicted molar refractivity (Wildman–Crippen MR) is 54.8 cm³/mol. The molecule has 0 aliphatic heterocycles. The highest BCUT2D eigenvalue weighted by Crippen LogP contribution is 2.23. The summed E-state index contributed by atoms with van der Waals surface area (Å²) in [5.41, 5.74) is 2.27. The Morgan fingerprint density at radius 1 is 1.43 bits per heavy atom. The van der Waals surface area contributed by atoms with Gasteiger partial charge in [-0.25, -0.2) is 4.39 Å². The fraction of sp³-hybridized carbons (Fsp3) is 0.111. The second-order valence-electron chi connectivity index (χ2n) is 2.80. The summed E-state index contributed by atoms with van der Waals surface area (Å²) in [6, 6.07) is 4.49. The van der Waals surface area contributed by atoms with E-state index in [1.54, 1.807) is 11.4 Å². The van der Waals surface area contributed by atoms with E-state index in [-0.39, 0.29) is 5.82 Å². The van der Waals surface area contributed by atoms with Crippen LogP contribution in [-0.2, 0) is 6.32 Å². The van der Waals surface area contributed by atoms with Crippen molar-refractivity contribution in [1.29, 1.82) is 0 Å². The van der Waals surface area contributed by atoms with Crippen molar-refractivity contribution >= 4 is 19.4 Å². The number of hydrogen-bond acceptors (Lipinski definition) is 3. The van der Waals surface area contributed by atoms with Crippen LogP contribution < -0.4 is 0 Å². The fourth-order valence-electron chi connectivity index (χ4n) is 1.25. The van der Waals surface area contributed by atoms with Crippen molar-refractivity contribution < 1.29 is 4.39 Å². The minimum atomic E-state index is -0.287. The number of rotatable bonds is 2. The van der Waals surface area contributed by atoms with E-state index in [1.807, 2.05) is 0 Å². The Balaban J connectivity index is 2.55. The Morgan fingerprint density at radius 2 is 2.29 bits per heavy atom. The van der Waals surface area contributed by atoms with Gasteiger partial charge in [-0.15, -0.1) is 5.10 Å². The van der Waals surface area contributed by atoms with Crippen LogP contribution in [-0.4, -0.2) is 17.4 Å². The molecule has 0 unspecified atom stereocenters. The summed E-state index contributed by atoms with van der Waals surface area (Å²) in [5.74, 6) is -0.287. The third-order valence-corrected chi connectivity index (χ3v) is 2.43. The summed E-state index contributed by atoms with van der Waals surface area (Å²) in [6.07, 6.45) is 0.368. The van der Waals surface area contributed by atoms with E-state index in [9.17, 15) is 4.39 Å². The third kappa shape index (κ3) is 1.68. The predicted octanol–water partition coefficient (Wildman–Crippen LogP) is 2.01. The third-order valence-electron chi connectivity index (χ3n) is 1.93.